The first kappa shape index (κ1) is 18.0. The number of amides is 1. The number of aromatic amines is 1. The summed E-state index contributed by atoms with van der Waals surface area (Å²) in [6, 6.07) is 6.94. The van der Waals surface area contributed by atoms with E-state index in [2.05, 4.69) is 25.2 Å². The van der Waals surface area contributed by atoms with Crippen LogP contribution in [0.25, 0.3) is 11.0 Å². The molecule has 0 radical (unpaired) electrons. The van der Waals surface area contributed by atoms with Crippen LogP contribution in [-0.4, -0.2) is 46.0 Å². The minimum Gasteiger partial charge on any atom is -0.354 e. The van der Waals surface area contributed by atoms with Crippen LogP contribution >= 0.6 is 23.2 Å². The van der Waals surface area contributed by atoms with Gasteiger partial charge in [0.2, 0.25) is 0 Å². The van der Waals surface area contributed by atoms with Gasteiger partial charge in [-0.25, -0.2) is 9.97 Å². The Morgan fingerprint density at radius 1 is 1.30 bits per heavy atom. The van der Waals surface area contributed by atoms with Gasteiger partial charge in [-0.05, 0) is 18.6 Å². The van der Waals surface area contributed by atoms with Crippen LogP contribution in [0.5, 0.6) is 0 Å². The van der Waals surface area contributed by atoms with Gasteiger partial charge in [-0.1, -0.05) is 35.3 Å². The molecule has 0 unspecified atom stereocenters. The number of halogens is 2. The largest absolute Gasteiger partial charge is 0.354 e. The number of hydrogen-bond donors (Lipinski definition) is 3. The summed E-state index contributed by atoms with van der Waals surface area (Å²) in [4.78, 5) is 26.1. The number of rotatable bonds is 4. The number of H-pyrrole nitrogens is 1. The number of benzene rings is 1. The summed E-state index contributed by atoms with van der Waals surface area (Å²) in [5.41, 5.74) is 7.09. The minimum atomic E-state index is -0.572. The van der Waals surface area contributed by atoms with Crippen molar-refractivity contribution < 1.29 is 4.79 Å². The standard InChI is InChI=1S/C18H18Cl2N6O/c19-12-4-2-1-3-11(12)17(27)23-8-18(21)5-6-26(9-18)16-14-13(20)7-22-15(14)24-10-25-16/h1-4,7,10H,5-6,8-9,21H2,(H,23,27)(H,22,24,25)/t18-/m0/s1. The second-order valence-electron chi connectivity index (χ2n) is 6.75. The van der Waals surface area contributed by atoms with Gasteiger partial charge in [0.05, 0.1) is 26.5 Å². The summed E-state index contributed by atoms with van der Waals surface area (Å²) in [6.07, 6.45) is 3.91. The van der Waals surface area contributed by atoms with Crippen molar-refractivity contribution in [3.63, 3.8) is 0 Å². The average Bonchev–Trinajstić information content (AvgIpc) is 3.24. The van der Waals surface area contributed by atoms with Crippen molar-refractivity contribution in [3.05, 3.63) is 52.4 Å². The molecule has 27 heavy (non-hydrogen) atoms. The predicted octanol–water partition coefficient (Wildman–Crippen LogP) is 2.60. The third-order valence-electron chi connectivity index (χ3n) is 4.81. The van der Waals surface area contributed by atoms with E-state index in [9.17, 15) is 4.79 Å². The lowest BCUT2D eigenvalue weighted by atomic mass is 10.00. The van der Waals surface area contributed by atoms with Crippen molar-refractivity contribution in [2.24, 2.45) is 5.73 Å². The van der Waals surface area contributed by atoms with Gasteiger partial charge >= 0.3 is 0 Å². The van der Waals surface area contributed by atoms with Crippen molar-refractivity contribution in [2.75, 3.05) is 24.5 Å². The molecular formula is C18H18Cl2N6O. The van der Waals surface area contributed by atoms with Crippen LogP contribution in [0.3, 0.4) is 0 Å². The first-order valence-electron chi connectivity index (χ1n) is 8.51. The molecule has 1 aliphatic heterocycles. The lowest BCUT2D eigenvalue weighted by Gasteiger charge is -2.25. The number of carbonyl (C=O) groups is 1. The second-order valence-corrected chi connectivity index (χ2v) is 7.57. The summed E-state index contributed by atoms with van der Waals surface area (Å²) >= 11 is 12.4. The number of anilines is 1. The molecule has 1 fully saturated rings. The highest BCUT2D eigenvalue weighted by atomic mass is 35.5. The maximum absolute atomic E-state index is 12.4. The maximum Gasteiger partial charge on any atom is 0.252 e. The van der Waals surface area contributed by atoms with E-state index in [1.807, 2.05) is 0 Å². The highest BCUT2D eigenvalue weighted by molar-refractivity contribution is 6.36. The van der Waals surface area contributed by atoms with Gasteiger partial charge in [0.25, 0.3) is 5.91 Å². The van der Waals surface area contributed by atoms with Crippen molar-refractivity contribution in [3.8, 4) is 0 Å². The van der Waals surface area contributed by atoms with Crippen LogP contribution in [0.2, 0.25) is 10.0 Å². The fraction of sp³-hybridized carbons (Fsp3) is 0.278. The van der Waals surface area contributed by atoms with Crippen molar-refractivity contribution >= 4 is 46.0 Å². The Hall–Kier alpha value is -2.35. The highest BCUT2D eigenvalue weighted by Gasteiger charge is 2.36. The molecule has 4 N–H and O–H groups in total. The molecule has 3 aromatic rings. The zero-order valence-corrected chi connectivity index (χ0v) is 15.9. The van der Waals surface area contributed by atoms with Crippen molar-refractivity contribution in [1.82, 2.24) is 20.3 Å². The molecule has 1 aromatic carbocycles. The van der Waals surface area contributed by atoms with E-state index < -0.39 is 5.54 Å². The Labute approximate surface area is 165 Å². The summed E-state index contributed by atoms with van der Waals surface area (Å²) in [5, 5.41) is 4.67. The highest BCUT2D eigenvalue weighted by Crippen LogP contribution is 2.33. The summed E-state index contributed by atoms with van der Waals surface area (Å²) in [6.45, 7) is 1.60. The van der Waals surface area contributed by atoms with E-state index in [-0.39, 0.29) is 5.91 Å². The van der Waals surface area contributed by atoms with E-state index in [1.54, 1.807) is 30.5 Å². The number of aromatic nitrogens is 3. The molecule has 140 valence electrons. The first-order chi connectivity index (χ1) is 13.0. The van der Waals surface area contributed by atoms with Crippen molar-refractivity contribution in [2.45, 2.75) is 12.0 Å². The molecule has 2 aromatic heterocycles. The number of nitrogens with two attached hydrogens (primary N) is 1. The van der Waals surface area contributed by atoms with Crippen LogP contribution in [0, 0.1) is 0 Å². The Kier molecular flexibility index (Phi) is 4.67. The average molecular weight is 405 g/mol. The van der Waals surface area contributed by atoms with Crippen LogP contribution in [0.15, 0.2) is 36.8 Å². The summed E-state index contributed by atoms with van der Waals surface area (Å²) in [5.74, 6) is 0.512. The number of nitrogens with one attached hydrogen (secondary N) is 2. The first-order valence-corrected chi connectivity index (χ1v) is 9.27. The Morgan fingerprint density at radius 2 is 2.11 bits per heavy atom. The number of hydrogen-bond acceptors (Lipinski definition) is 5. The predicted molar refractivity (Wildman–Crippen MR) is 106 cm³/mol. The fourth-order valence-corrected chi connectivity index (χ4v) is 3.82. The molecule has 1 amide bonds. The Bertz CT molecular complexity index is 1010. The third kappa shape index (κ3) is 3.45. The van der Waals surface area contributed by atoms with Gasteiger partial charge < -0.3 is 20.9 Å². The van der Waals surface area contributed by atoms with Gasteiger partial charge in [-0.3, -0.25) is 4.79 Å². The number of nitrogens with zero attached hydrogens (tertiary/aromatic N) is 3. The molecular weight excluding hydrogens is 387 g/mol. The van der Waals surface area contributed by atoms with Gasteiger partial charge in [-0.15, -0.1) is 0 Å². The molecule has 0 saturated carbocycles. The normalized spacial score (nSPS) is 19.6. The SMILES string of the molecule is N[C@]1(CNC(=O)c2ccccc2Cl)CCN(c2ncnc3[nH]cc(Cl)c23)C1. The van der Waals surface area contributed by atoms with Gasteiger partial charge in [-0.2, -0.15) is 0 Å². The van der Waals surface area contributed by atoms with E-state index in [4.69, 9.17) is 28.9 Å². The molecule has 0 spiro atoms. The van der Waals surface area contributed by atoms with Crippen LogP contribution in [0.4, 0.5) is 5.82 Å². The van der Waals surface area contributed by atoms with Gasteiger partial charge in [0.1, 0.15) is 17.8 Å². The van der Waals surface area contributed by atoms with Gasteiger partial charge in [0, 0.05) is 25.8 Å². The lowest BCUT2D eigenvalue weighted by Crippen LogP contribution is -2.52. The van der Waals surface area contributed by atoms with Crippen molar-refractivity contribution in [1.29, 1.82) is 0 Å². The number of carbonyl (C=O) groups excluding carboxylic acids is 1. The maximum atomic E-state index is 12.4. The number of fused-ring (bicyclic) bond motifs is 1. The molecule has 3 heterocycles. The minimum absolute atomic E-state index is 0.234. The molecule has 4 rings (SSSR count). The molecule has 0 bridgehead atoms. The van der Waals surface area contributed by atoms with E-state index in [1.165, 1.54) is 6.33 Å². The van der Waals surface area contributed by atoms with E-state index in [0.717, 1.165) is 11.2 Å². The third-order valence-corrected chi connectivity index (χ3v) is 5.43. The Balaban J connectivity index is 1.47. The quantitative estimate of drug-likeness (QED) is 0.620. The van der Waals surface area contributed by atoms with E-state index >= 15 is 0 Å². The lowest BCUT2D eigenvalue weighted by molar-refractivity contribution is 0.0945. The molecule has 1 aliphatic rings. The molecule has 0 aliphatic carbocycles. The Morgan fingerprint density at radius 3 is 2.93 bits per heavy atom. The summed E-state index contributed by atoms with van der Waals surface area (Å²) in [7, 11) is 0. The molecule has 9 heteroatoms. The van der Waals surface area contributed by atoms with E-state index in [0.29, 0.717) is 47.3 Å². The molecule has 1 atom stereocenters. The topological polar surface area (TPSA) is 99.9 Å². The zero-order valence-electron chi connectivity index (χ0n) is 14.4. The van der Waals surface area contributed by atoms with Gasteiger partial charge in [0.15, 0.2) is 0 Å². The van der Waals surface area contributed by atoms with Crippen LogP contribution in [0.1, 0.15) is 16.8 Å². The summed E-state index contributed by atoms with van der Waals surface area (Å²) < 4.78 is 0. The molecule has 7 nitrogen and oxygen atoms in total. The fourth-order valence-electron chi connectivity index (χ4n) is 3.37. The smallest absolute Gasteiger partial charge is 0.252 e. The van der Waals surface area contributed by atoms with Crippen LogP contribution < -0.4 is 16.0 Å². The van der Waals surface area contributed by atoms with Crippen LogP contribution in [-0.2, 0) is 0 Å². The monoisotopic (exact) mass is 404 g/mol. The molecule has 1 saturated heterocycles. The second kappa shape index (κ2) is 6.99. The zero-order chi connectivity index (χ0) is 19.0.